The summed E-state index contributed by atoms with van der Waals surface area (Å²) in [5, 5.41) is 0.161. The van der Waals surface area contributed by atoms with Crippen LogP contribution in [0.2, 0.25) is 5.02 Å². The van der Waals surface area contributed by atoms with Crippen molar-refractivity contribution in [1.82, 2.24) is 0 Å². The second kappa shape index (κ2) is 8.04. The van der Waals surface area contributed by atoms with Crippen molar-refractivity contribution in [3.63, 3.8) is 0 Å². The molecule has 0 saturated carbocycles. The lowest BCUT2D eigenvalue weighted by molar-refractivity contribution is -0.121. The summed E-state index contributed by atoms with van der Waals surface area (Å²) in [6, 6.07) is 7.73. The summed E-state index contributed by atoms with van der Waals surface area (Å²) in [5.74, 6) is 0.332. The van der Waals surface area contributed by atoms with Crippen LogP contribution in [0.5, 0.6) is 17.2 Å². The maximum Gasteiger partial charge on any atom is 0.181 e. The number of hydrogen-bond acceptors (Lipinski definition) is 4. The third-order valence-electron chi connectivity index (χ3n) is 3.95. The lowest BCUT2D eigenvalue weighted by Gasteiger charge is -2.18. The van der Waals surface area contributed by atoms with Gasteiger partial charge in [-0.2, -0.15) is 0 Å². The highest BCUT2D eigenvalue weighted by Crippen LogP contribution is 2.37. The molecule has 2 aromatic carbocycles. The Balaban J connectivity index is 0.00000225. The lowest BCUT2D eigenvalue weighted by Crippen LogP contribution is -2.20. The highest BCUT2D eigenvalue weighted by molar-refractivity contribution is 6.32. The summed E-state index contributed by atoms with van der Waals surface area (Å²) in [6.45, 7) is 1.91. The van der Waals surface area contributed by atoms with E-state index in [4.69, 9.17) is 26.8 Å². The van der Waals surface area contributed by atoms with E-state index in [2.05, 4.69) is 0 Å². The fourth-order valence-electron chi connectivity index (χ4n) is 2.57. The number of ether oxygens (including phenoxy) is 2. The topological polar surface area (TPSA) is 61.6 Å². The molecule has 134 valence electrons. The second-order valence-electron chi connectivity index (χ2n) is 5.67. The second-order valence-corrected chi connectivity index (χ2v) is 6.08. The van der Waals surface area contributed by atoms with Gasteiger partial charge in [-0.15, -0.1) is 12.4 Å². The molecule has 0 radical (unpaired) electrons. The highest BCUT2D eigenvalue weighted by atomic mass is 35.5. The largest absolute Gasteiger partial charge is 0.485 e. The van der Waals surface area contributed by atoms with Crippen molar-refractivity contribution in [2.75, 3.05) is 6.61 Å². The van der Waals surface area contributed by atoms with Crippen molar-refractivity contribution in [2.45, 2.75) is 25.8 Å². The predicted molar refractivity (Wildman–Crippen MR) is 96.6 cm³/mol. The van der Waals surface area contributed by atoms with E-state index < -0.39 is 11.9 Å². The molecule has 4 nitrogen and oxygen atoms in total. The third-order valence-corrected chi connectivity index (χ3v) is 4.25. The summed E-state index contributed by atoms with van der Waals surface area (Å²) in [6.07, 6.45) is 0.921. The molecular weight excluding hydrogens is 368 g/mol. The van der Waals surface area contributed by atoms with Crippen molar-refractivity contribution in [3.05, 3.63) is 52.3 Å². The van der Waals surface area contributed by atoms with Gasteiger partial charge < -0.3 is 15.2 Å². The molecule has 0 saturated heterocycles. The highest BCUT2D eigenvalue weighted by Gasteiger charge is 2.20. The van der Waals surface area contributed by atoms with Gasteiger partial charge in [0.05, 0.1) is 5.02 Å². The molecule has 7 heteroatoms. The maximum atomic E-state index is 14.7. The number of carbonyl (C=O) groups excluding carboxylic acids is 1. The van der Waals surface area contributed by atoms with Gasteiger partial charge in [0, 0.05) is 29.7 Å². The molecule has 0 unspecified atom stereocenters. The van der Waals surface area contributed by atoms with E-state index in [1.807, 2.05) is 6.92 Å². The Labute approximate surface area is 156 Å². The van der Waals surface area contributed by atoms with Crippen LogP contribution in [0.1, 0.15) is 30.5 Å². The third kappa shape index (κ3) is 4.06. The molecule has 0 amide bonds. The number of hydrogen-bond donors (Lipinski definition) is 1. The minimum absolute atomic E-state index is 0. The number of fused-ring (bicyclic) bond motifs is 1. The van der Waals surface area contributed by atoms with E-state index in [1.165, 1.54) is 0 Å². The average molecular weight is 386 g/mol. The zero-order valence-corrected chi connectivity index (χ0v) is 15.1. The zero-order valence-electron chi connectivity index (χ0n) is 13.6. The summed E-state index contributed by atoms with van der Waals surface area (Å²) in [4.78, 5) is 11.4. The van der Waals surface area contributed by atoms with Gasteiger partial charge in [0.25, 0.3) is 0 Å². The van der Waals surface area contributed by atoms with E-state index in [1.54, 1.807) is 30.3 Å². The van der Waals surface area contributed by atoms with Crippen molar-refractivity contribution in [1.29, 1.82) is 0 Å². The van der Waals surface area contributed by atoms with Crippen LogP contribution in [0.3, 0.4) is 0 Å². The Kier molecular flexibility index (Phi) is 6.27. The molecule has 0 aromatic heterocycles. The van der Waals surface area contributed by atoms with Crippen molar-refractivity contribution < 1.29 is 18.7 Å². The van der Waals surface area contributed by atoms with Crippen molar-refractivity contribution in [3.8, 4) is 17.2 Å². The minimum Gasteiger partial charge on any atom is -0.485 e. The van der Waals surface area contributed by atoms with Crippen LogP contribution in [-0.2, 0) is 11.2 Å². The maximum absolute atomic E-state index is 14.7. The number of benzene rings is 2. The minimum atomic E-state index is -0.564. The van der Waals surface area contributed by atoms with Gasteiger partial charge >= 0.3 is 0 Å². The number of carbonyl (C=O) groups is 1. The van der Waals surface area contributed by atoms with Crippen molar-refractivity contribution >= 4 is 29.8 Å². The molecule has 0 fully saturated rings. The van der Waals surface area contributed by atoms with Gasteiger partial charge in [-0.3, -0.25) is 4.79 Å². The van der Waals surface area contributed by atoms with Crippen LogP contribution in [0.25, 0.3) is 0 Å². The van der Waals surface area contributed by atoms with Crippen LogP contribution in [0.15, 0.2) is 30.3 Å². The quantitative estimate of drug-likeness (QED) is 0.834. The first-order chi connectivity index (χ1) is 11.5. The number of ketones is 1. The van der Waals surface area contributed by atoms with E-state index in [-0.39, 0.29) is 35.6 Å². The van der Waals surface area contributed by atoms with Crippen molar-refractivity contribution in [2.24, 2.45) is 5.73 Å². The molecule has 0 spiro atoms. The molecular formula is C18H18Cl2FNO3. The van der Waals surface area contributed by atoms with Crippen LogP contribution < -0.4 is 15.2 Å². The smallest absolute Gasteiger partial charge is 0.181 e. The number of nitrogens with two attached hydrogens (primary N) is 1. The van der Waals surface area contributed by atoms with Crippen LogP contribution >= 0.6 is 24.0 Å². The molecule has 0 aliphatic carbocycles. The fourth-order valence-corrected chi connectivity index (χ4v) is 2.75. The Bertz CT molecular complexity index is 798. The summed E-state index contributed by atoms with van der Waals surface area (Å²) >= 11 is 6.08. The first-order valence-electron chi connectivity index (χ1n) is 7.68. The Morgan fingerprint density at radius 3 is 2.84 bits per heavy atom. The molecule has 1 heterocycles. The van der Waals surface area contributed by atoms with Gasteiger partial charge in [-0.1, -0.05) is 30.7 Å². The molecule has 1 aliphatic rings. The number of halogens is 3. The molecule has 25 heavy (non-hydrogen) atoms. The zero-order chi connectivity index (χ0) is 17.3. The summed E-state index contributed by atoms with van der Waals surface area (Å²) < 4.78 is 25.7. The fraction of sp³-hybridized carbons (Fsp3) is 0.278. The lowest BCUT2D eigenvalue weighted by atomic mass is 10.0. The van der Waals surface area contributed by atoms with Gasteiger partial charge in [-0.25, -0.2) is 4.39 Å². The Morgan fingerprint density at radius 2 is 2.12 bits per heavy atom. The molecule has 2 N–H and O–H groups in total. The molecule has 2 aromatic rings. The Morgan fingerprint density at radius 1 is 1.36 bits per heavy atom. The van der Waals surface area contributed by atoms with Crippen LogP contribution in [0.4, 0.5) is 4.39 Å². The van der Waals surface area contributed by atoms with Gasteiger partial charge in [0.15, 0.2) is 17.3 Å². The van der Waals surface area contributed by atoms with Gasteiger partial charge in [0.1, 0.15) is 18.1 Å². The summed E-state index contributed by atoms with van der Waals surface area (Å²) in [5.41, 5.74) is 7.06. The van der Waals surface area contributed by atoms with Crippen LogP contribution in [-0.4, -0.2) is 12.4 Å². The van der Waals surface area contributed by atoms with Crippen LogP contribution in [0, 0.1) is 5.82 Å². The van der Waals surface area contributed by atoms with Gasteiger partial charge in [-0.05, 0) is 18.6 Å². The monoisotopic (exact) mass is 385 g/mol. The van der Waals surface area contributed by atoms with E-state index in [0.29, 0.717) is 29.9 Å². The Hall–Kier alpha value is -1.82. The molecule has 1 aliphatic heterocycles. The van der Waals surface area contributed by atoms with E-state index in [0.717, 1.165) is 5.56 Å². The first-order valence-corrected chi connectivity index (χ1v) is 8.06. The standard InChI is InChI=1S/C18H17ClFNO3.ClH/c1-2-15(21)13-5-6-14(19)18(17(13)20)24-12-4-3-10-7-11(22)9-23-16(10)8-12;/h3-6,8,15H,2,7,9,21H2,1H3;1H/t15-;/m1./s1. The average Bonchev–Trinajstić information content (AvgIpc) is 2.58. The SMILES string of the molecule is CC[C@@H](N)c1ccc(Cl)c(Oc2ccc3c(c2)OCC(=O)C3)c1F.Cl. The number of Topliss-reactive ketones (excluding diaryl/α,β-unsaturated/α-hetero) is 1. The predicted octanol–water partition coefficient (Wildman–Crippen LogP) is 4.61. The molecule has 1 atom stereocenters. The number of rotatable bonds is 4. The normalized spacial score (nSPS) is 14.2. The van der Waals surface area contributed by atoms with E-state index in [9.17, 15) is 9.18 Å². The molecule has 0 bridgehead atoms. The molecule has 3 rings (SSSR count). The van der Waals surface area contributed by atoms with Gasteiger partial charge in [0.2, 0.25) is 0 Å². The summed E-state index contributed by atoms with van der Waals surface area (Å²) in [7, 11) is 0. The first kappa shape index (κ1) is 19.5. The van der Waals surface area contributed by atoms with E-state index >= 15 is 0 Å².